The highest BCUT2D eigenvalue weighted by Gasteiger charge is 2.39. The Morgan fingerprint density at radius 2 is 1.37 bits per heavy atom. The molecule has 0 aliphatic heterocycles. The minimum atomic E-state index is -2.35. The lowest BCUT2D eigenvalue weighted by molar-refractivity contribution is -0.132. The highest BCUT2D eigenvalue weighted by Crippen LogP contribution is 2.25. The highest BCUT2D eigenvalue weighted by atomic mass is 28.5. The van der Waals surface area contributed by atoms with Crippen LogP contribution in [0.1, 0.15) is 6.92 Å². The van der Waals surface area contributed by atoms with Gasteiger partial charge in [0.25, 0.3) is 0 Å². The van der Waals surface area contributed by atoms with Crippen molar-refractivity contribution in [2.75, 3.05) is 0 Å². The zero-order valence-corrected chi connectivity index (χ0v) is 16.5. The van der Waals surface area contributed by atoms with Crippen LogP contribution in [0, 0.1) is 0 Å². The van der Waals surface area contributed by atoms with Gasteiger partial charge >= 0.3 is 14.5 Å². The summed E-state index contributed by atoms with van der Waals surface area (Å²) in [6.07, 6.45) is 1.74. The predicted octanol–water partition coefficient (Wildman–Crippen LogP) is 3.79. The number of rotatable bonds is 7. The molecule has 0 fully saturated rings. The minimum absolute atomic E-state index is 0.358. The lowest BCUT2D eigenvalue weighted by Crippen LogP contribution is -2.52. The van der Waals surface area contributed by atoms with Gasteiger partial charge in [-0.05, 0) is 52.8 Å². The van der Waals surface area contributed by atoms with Crippen LogP contribution in [0.25, 0.3) is 0 Å². The van der Waals surface area contributed by atoms with E-state index in [1.54, 1.807) is 13.0 Å². The number of carbonyl (C=O) groups is 1. The highest BCUT2D eigenvalue weighted by molar-refractivity contribution is 6.87. The number of carboxylic acid groups (broad SMARTS) is 1. The van der Waals surface area contributed by atoms with Gasteiger partial charge < -0.3 is 13.3 Å². The Morgan fingerprint density at radius 3 is 1.63 bits per heavy atom. The molecule has 0 rings (SSSR count). The van der Waals surface area contributed by atoms with Gasteiger partial charge in [0, 0.05) is 11.6 Å². The Hall–Kier alpha value is -0.219. The molecule has 0 saturated heterocycles. The summed E-state index contributed by atoms with van der Waals surface area (Å²) in [5, 5.41) is 8.93. The molecular formula is C12H28O4Si3. The fraction of sp³-hybridized carbons (Fsp3) is 0.750. The maximum atomic E-state index is 10.9. The standard InChI is InChI=1S/C12H28O4Si3/c1-11(12(13)14)9-10-19(8,15-17(2,3)4)16-18(5,6)7/h9H,10H2,1-8H3,(H,13,14). The quantitative estimate of drug-likeness (QED) is 0.573. The van der Waals surface area contributed by atoms with E-state index in [2.05, 4.69) is 45.8 Å². The van der Waals surface area contributed by atoms with E-state index in [4.69, 9.17) is 13.3 Å². The molecule has 0 aromatic heterocycles. The van der Waals surface area contributed by atoms with Crippen LogP contribution >= 0.6 is 0 Å². The van der Waals surface area contributed by atoms with Crippen molar-refractivity contribution < 1.29 is 18.1 Å². The third-order valence-electron chi connectivity index (χ3n) is 2.16. The van der Waals surface area contributed by atoms with Crippen molar-refractivity contribution in [2.24, 2.45) is 0 Å². The van der Waals surface area contributed by atoms with Gasteiger partial charge in [-0.1, -0.05) is 6.08 Å². The summed E-state index contributed by atoms with van der Waals surface area (Å²) in [5.41, 5.74) is 0.358. The van der Waals surface area contributed by atoms with E-state index in [1.165, 1.54) is 0 Å². The Labute approximate surface area is 120 Å². The van der Waals surface area contributed by atoms with Crippen molar-refractivity contribution >= 4 is 31.2 Å². The van der Waals surface area contributed by atoms with Crippen LogP contribution in [-0.4, -0.2) is 36.3 Å². The predicted molar refractivity (Wildman–Crippen MR) is 86.7 cm³/mol. The van der Waals surface area contributed by atoms with Gasteiger partial charge in [0.2, 0.25) is 0 Å². The topological polar surface area (TPSA) is 55.8 Å². The first-order valence-electron chi connectivity index (χ1n) is 6.54. The Morgan fingerprint density at radius 1 is 1.00 bits per heavy atom. The number of carboxylic acids is 1. The number of aliphatic carboxylic acids is 1. The molecule has 7 heteroatoms. The number of hydrogen-bond acceptors (Lipinski definition) is 3. The van der Waals surface area contributed by atoms with Gasteiger partial charge in [0.15, 0.2) is 16.6 Å². The van der Waals surface area contributed by atoms with Crippen LogP contribution in [0.5, 0.6) is 0 Å². The summed E-state index contributed by atoms with van der Waals surface area (Å²) in [6.45, 7) is 16.5. The zero-order chi connectivity index (χ0) is 15.5. The van der Waals surface area contributed by atoms with Crippen molar-refractivity contribution in [1.82, 2.24) is 0 Å². The molecule has 0 saturated carbocycles. The molecule has 0 amide bonds. The van der Waals surface area contributed by atoms with Crippen LogP contribution < -0.4 is 0 Å². The lowest BCUT2D eigenvalue weighted by Gasteiger charge is -2.38. The summed E-state index contributed by atoms with van der Waals surface area (Å²) >= 11 is 0. The summed E-state index contributed by atoms with van der Waals surface area (Å²) in [7, 11) is -5.76. The number of hydrogen-bond donors (Lipinski definition) is 1. The zero-order valence-electron chi connectivity index (χ0n) is 13.5. The van der Waals surface area contributed by atoms with E-state index in [-0.39, 0.29) is 0 Å². The average molecular weight is 321 g/mol. The van der Waals surface area contributed by atoms with Gasteiger partial charge in [-0.25, -0.2) is 4.79 Å². The fourth-order valence-electron chi connectivity index (χ4n) is 1.83. The third-order valence-corrected chi connectivity index (χ3v) is 11.5. The van der Waals surface area contributed by atoms with Crippen molar-refractivity contribution in [3.63, 3.8) is 0 Å². The third kappa shape index (κ3) is 9.33. The smallest absolute Gasteiger partial charge is 0.330 e. The van der Waals surface area contributed by atoms with Crippen LogP contribution in [-0.2, 0) is 13.0 Å². The minimum Gasteiger partial charge on any atom is -0.478 e. The van der Waals surface area contributed by atoms with Gasteiger partial charge in [-0.15, -0.1) is 0 Å². The van der Waals surface area contributed by atoms with E-state index in [9.17, 15) is 4.79 Å². The molecule has 0 bridgehead atoms. The lowest BCUT2D eigenvalue weighted by atomic mass is 10.3. The van der Waals surface area contributed by atoms with Crippen molar-refractivity contribution in [1.29, 1.82) is 0 Å². The maximum Gasteiger partial charge on any atom is 0.330 e. The normalized spacial score (nSPS) is 14.6. The number of allylic oxidation sites excluding steroid dienone is 1. The molecule has 0 unspecified atom stereocenters. The molecule has 0 aliphatic carbocycles. The molecule has 0 spiro atoms. The molecule has 0 atom stereocenters. The van der Waals surface area contributed by atoms with Gasteiger partial charge in [-0.3, -0.25) is 0 Å². The second-order valence-corrected chi connectivity index (χ2v) is 19.7. The summed E-state index contributed by atoms with van der Waals surface area (Å²) in [6, 6.07) is 0.597. The summed E-state index contributed by atoms with van der Waals surface area (Å²) < 4.78 is 12.6. The first kappa shape index (κ1) is 18.8. The van der Waals surface area contributed by atoms with E-state index in [0.717, 1.165) is 0 Å². The Kier molecular flexibility index (Phi) is 6.41. The molecule has 0 aromatic carbocycles. The monoisotopic (exact) mass is 320 g/mol. The Balaban J connectivity index is 5.07. The first-order chi connectivity index (χ1) is 8.24. The van der Waals surface area contributed by atoms with Crippen LogP contribution in [0.3, 0.4) is 0 Å². The molecule has 1 N–H and O–H groups in total. The van der Waals surface area contributed by atoms with Crippen LogP contribution in [0.2, 0.25) is 51.9 Å². The molecule has 0 aliphatic rings. The van der Waals surface area contributed by atoms with Crippen molar-refractivity contribution in [3.05, 3.63) is 11.6 Å². The van der Waals surface area contributed by atoms with Crippen molar-refractivity contribution in [2.45, 2.75) is 58.8 Å². The molecule has 0 heterocycles. The molecule has 0 radical (unpaired) electrons. The summed E-state index contributed by atoms with van der Waals surface area (Å²) in [4.78, 5) is 10.9. The molecule has 4 nitrogen and oxygen atoms in total. The fourth-order valence-corrected chi connectivity index (χ4v) is 14.1. The Bertz CT molecular complexity index is 337. The average Bonchev–Trinajstić information content (AvgIpc) is 2.07. The van der Waals surface area contributed by atoms with E-state index in [1.807, 2.05) is 0 Å². The van der Waals surface area contributed by atoms with Gasteiger partial charge in [-0.2, -0.15) is 0 Å². The maximum absolute atomic E-state index is 10.9. The van der Waals surface area contributed by atoms with Crippen molar-refractivity contribution in [3.8, 4) is 0 Å². The van der Waals surface area contributed by atoms with Gasteiger partial charge in [0.05, 0.1) is 0 Å². The van der Waals surface area contributed by atoms with Gasteiger partial charge in [0.1, 0.15) is 0 Å². The first-order valence-corrected chi connectivity index (χ1v) is 15.9. The van der Waals surface area contributed by atoms with Crippen LogP contribution in [0.15, 0.2) is 11.6 Å². The second kappa shape index (κ2) is 6.49. The van der Waals surface area contributed by atoms with Crippen LogP contribution in [0.4, 0.5) is 0 Å². The SMILES string of the molecule is CC(=CC[Si](C)(O[Si](C)(C)C)O[Si](C)(C)C)C(=O)O. The molecule has 112 valence electrons. The molecular weight excluding hydrogens is 292 g/mol. The van der Waals surface area contributed by atoms with E-state index < -0.39 is 31.2 Å². The summed E-state index contributed by atoms with van der Waals surface area (Å²) in [5.74, 6) is -0.877. The molecule has 0 aromatic rings. The second-order valence-electron chi connectivity index (χ2n) is 6.96. The molecule has 19 heavy (non-hydrogen) atoms. The largest absolute Gasteiger partial charge is 0.478 e. The van der Waals surface area contributed by atoms with E-state index >= 15 is 0 Å². The van der Waals surface area contributed by atoms with E-state index in [0.29, 0.717) is 11.6 Å².